The van der Waals surface area contributed by atoms with Gasteiger partial charge >= 0.3 is 0 Å². The average molecular weight is 521 g/mol. The summed E-state index contributed by atoms with van der Waals surface area (Å²) in [4.78, 5) is 29.1. The summed E-state index contributed by atoms with van der Waals surface area (Å²) in [5, 5.41) is 37.7. The minimum atomic E-state index is -2.49. The monoisotopic (exact) mass is 520 g/mol. The van der Waals surface area contributed by atoms with Crippen LogP contribution in [-0.2, 0) is 13.0 Å². The number of carbonyl (C=O) groups is 2. The number of allylic oxidation sites excluding steroid dienone is 1. The van der Waals surface area contributed by atoms with Crippen molar-refractivity contribution in [3.8, 4) is 11.6 Å². The number of phenols is 1. The lowest BCUT2D eigenvalue weighted by atomic mass is 9.58. The number of Topliss-reactive ketones (excluding diaryl/α,β-unsaturated/α-hetero) is 2. The predicted octanol–water partition coefficient (Wildman–Crippen LogP) is 3.52. The second kappa shape index (κ2) is 8.50. The number of carbonyl (C=O) groups excluding carboxylic acids is 2. The number of aliphatic hydroxyl groups is 2. The van der Waals surface area contributed by atoms with Gasteiger partial charge in [-0.3, -0.25) is 14.5 Å². The van der Waals surface area contributed by atoms with Crippen molar-refractivity contribution in [3.63, 3.8) is 0 Å². The number of halogens is 1. The molecule has 0 spiro atoms. The molecule has 3 aliphatic rings. The number of hydrogen-bond acceptors (Lipinski definition) is 9. The molecule has 0 saturated carbocycles. The molecule has 1 aromatic heterocycles. The summed E-state index contributed by atoms with van der Waals surface area (Å²) < 4.78 is 26.0. The topological polar surface area (TPSA) is 133 Å². The van der Waals surface area contributed by atoms with Gasteiger partial charge in [-0.25, -0.2) is 4.39 Å². The molecule has 10 heteroatoms. The van der Waals surface area contributed by atoms with Crippen molar-refractivity contribution in [2.75, 3.05) is 14.1 Å². The Hall–Kier alpha value is -4.02. The molecule has 0 saturated heterocycles. The molecule has 3 N–H and O–H groups in total. The van der Waals surface area contributed by atoms with E-state index >= 15 is 0 Å². The first-order valence-electron chi connectivity index (χ1n) is 12.2. The van der Waals surface area contributed by atoms with Crippen molar-refractivity contribution in [2.45, 2.75) is 31.1 Å². The number of ether oxygens (including phenoxy) is 1. The van der Waals surface area contributed by atoms with Crippen LogP contribution in [0.15, 0.2) is 58.3 Å². The Morgan fingerprint density at radius 3 is 2.58 bits per heavy atom. The molecule has 0 amide bonds. The van der Waals surface area contributed by atoms with Crippen LogP contribution in [0.5, 0.6) is 11.6 Å². The van der Waals surface area contributed by atoms with E-state index in [1.165, 1.54) is 0 Å². The maximum absolute atomic E-state index is 14.7. The van der Waals surface area contributed by atoms with Crippen molar-refractivity contribution in [2.24, 2.45) is 11.8 Å². The third kappa shape index (κ3) is 3.26. The maximum Gasteiger partial charge on any atom is 0.265 e. The van der Waals surface area contributed by atoms with E-state index in [-0.39, 0.29) is 53.4 Å². The highest BCUT2D eigenvalue weighted by atomic mass is 19.1. The minimum absolute atomic E-state index is 0.0102. The van der Waals surface area contributed by atoms with Crippen LogP contribution >= 0.6 is 0 Å². The molecule has 1 heterocycles. The van der Waals surface area contributed by atoms with E-state index in [0.29, 0.717) is 0 Å². The third-order valence-electron chi connectivity index (χ3n) is 7.94. The van der Waals surface area contributed by atoms with E-state index in [4.69, 9.17) is 9.26 Å². The van der Waals surface area contributed by atoms with E-state index in [9.17, 15) is 29.3 Å². The highest BCUT2D eigenvalue weighted by Crippen LogP contribution is 2.56. The Morgan fingerprint density at radius 2 is 1.87 bits per heavy atom. The number of aromatic nitrogens is 1. The van der Waals surface area contributed by atoms with Gasteiger partial charge in [0, 0.05) is 17.1 Å². The molecule has 0 radical (unpaired) electrons. The molecule has 2 aromatic carbocycles. The predicted molar refractivity (Wildman–Crippen MR) is 130 cm³/mol. The Balaban J connectivity index is 1.48. The molecule has 38 heavy (non-hydrogen) atoms. The van der Waals surface area contributed by atoms with Gasteiger partial charge < -0.3 is 24.6 Å². The summed E-state index contributed by atoms with van der Waals surface area (Å²) in [5.41, 5.74) is -2.20. The van der Waals surface area contributed by atoms with Gasteiger partial charge in [0.25, 0.3) is 5.88 Å². The molecule has 6 rings (SSSR count). The van der Waals surface area contributed by atoms with Crippen molar-refractivity contribution in [1.82, 2.24) is 10.1 Å². The second-order valence-corrected chi connectivity index (χ2v) is 10.3. The molecule has 3 aliphatic carbocycles. The van der Waals surface area contributed by atoms with Crippen molar-refractivity contribution >= 4 is 11.6 Å². The normalized spacial score (nSPS) is 26.1. The highest BCUT2D eigenvalue weighted by molar-refractivity contribution is 6.15. The molecular formula is C28H25FN2O7. The van der Waals surface area contributed by atoms with Crippen LogP contribution < -0.4 is 4.74 Å². The molecule has 0 unspecified atom stereocenters. The summed E-state index contributed by atoms with van der Waals surface area (Å²) in [6.07, 6.45) is 0.0847. The van der Waals surface area contributed by atoms with E-state index in [1.807, 2.05) is 30.3 Å². The standard InChI is InChI=1S/C28H25FN2O7/c1-31(2)22-16-11-14-10-15-17(29)8-9-18(32)20(15)23(33)19(14)25(34)28(16,36)26(35)21-24(22)38-30-27(21)37-12-13-6-4-3-5-7-13/h3-9,14,16,22,32,34,36H,10-12H2,1-2H3/t14-,16-,22-,28-/m0/s1. The number of rotatable bonds is 4. The SMILES string of the molecule is CN(C)[C@@H]1c2onc(OCc3ccccc3)c2C(=O)[C@@]2(O)C(O)=C3C(=O)c4c(O)ccc(F)c4C[C@H]3C[C@@H]12. The maximum atomic E-state index is 14.7. The molecule has 9 nitrogen and oxygen atoms in total. The van der Waals surface area contributed by atoms with Crippen LogP contribution in [-0.4, -0.2) is 56.6 Å². The number of benzene rings is 2. The van der Waals surface area contributed by atoms with Gasteiger partial charge in [-0.1, -0.05) is 30.3 Å². The van der Waals surface area contributed by atoms with Gasteiger partial charge in [-0.2, -0.15) is 0 Å². The Morgan fingerprint density at radius 1 is 1.13 bits per heavy atom. The van der Waals surface area contributed by atoms with Gasteiger partial charge in [0.1, 0.15) is 29.5 Å². The molecule has 4 atom stereocenters. The van der Waals surface area contributed by atoms with Gasteiger partial charge in [-0.15, -0.1) is 0 Å². The Bertz CT molecular complexity index is 1510. The van der Waals surface area contributed by atoms with E-state index in [0.717, 1.165) is 17.7 Å². The third-order valence-corrected chi connectivity index (χ3v) is 7.94. The lowest BCUT2D eigenvalue weighted by molar-refractivity contribution is -0.0559. The van der Waals surface area contributed by atoms with E-state index in [2.05, 4.69) is 5.16 Å². The molecule has 0 bridgehead atoms. The van der Waals surface area contributed by atoms with Crippen molar-refractivity contribution in [1.29, 1.82) is 0 Å². The number of nitrogens with zero attached hydrogens (tertiary/aromatic N) is 2. The number of hydrogen-bond donors (Lipinski definition) is 3. The van der Waals surface area contributed by atoms with Crippen LogP contribution in [0.25, 0.3) is 0 Å². The number of aliphatic hydroxyl groups excluding tert-OH is 1. The summed E-state index contributed by atoms with van der Waals surface area (Å²) >= 11 is 0. The average Bonchev–Trinajstić information content (AvgIpc) is 3.31. The molecule has 0 fully saturated rings. The van der Waals surface area contributed by atoms with Crippen molar-refractivity contribution < 1.29 is 38.6 Å². The number of fused-ring (bicyclic) bond motifs is 4. The van der Waals surface area contributed by atoms with Gasteiger partial charge in [0.15, 0.2) is 17.1 Å². The van der Waals surface area contributed by atoms with Crippen molar-refractivity contribution in [3.05, 3.63) is 87.6 Å². The Labute approximate surface area is 216 Å². The quantitative estimate of drug-likeness (QED) is 0.473. The van der Waals surface area contributed by atoms with Crippen LogP contribution in [0.2, 0.25) is 0 Å². The first-order chi connectivity index (χ1) is 18.1. The fourth-order valence-electron chi connectivity index (χ4n) is 6.22. The first kappa shape index (κ1) is 24.3. The molecule has 3 aromatic rings. The summed E-state index contributed by atoms with van der Waals surface area (Å²) in [6, 6.07) is 10.6. The zero-order chi connectivity index (χ0) is 26.9. The first-order valence-corrected chi connectivity index (χ1v) is 12.2. The van der Waals surface area contributed by atoms with Crippen LogP contribution in [0.3, 0.4) is 0 Å². The number of phenolic OH excluding ortho intramolecular Hbond substituents is 1. The fraction of sp³-hybridized carbons (Fsp3) is 0.321. The van der Waals surface area contributed by atoms with E-state index in [1.54, 1.807) is 19.0 Å². The zero-order valence-electron chi connectivity index (χ0n) is 20.6. The summed E-state index contributed by atoms with van der Waals surface area (Å²) in [6.45, 7) is 0.0802. The van der Waals surface area contributed by atoms with Crippen LogP contribution in [0.1, 0.15) is 50.1 Å². The number of aromatic hydroxyl groups is 1. The summed E-state index contributed by atoms with van der Waals surface area (Å²) in [7, 11) is 3.46. The lowest BCUT2D eigenvalue weighted by Gasteiger charge is -2.49. The van der Waals surface area contributed by atoms with Crippen LogP contribution in [0, 0.1) is 17.7 Å². The largest absolute Gasteiger partial charge is 0.508 e. The zero-order valence-corrected chi connectivity index (χ0v) is 20.6. The van der Waals surface area contributed by atoms with E-state index < -0.39 is 52.4 Å². The second-order valence-electron chi connectivity index (χ2n) is 10.3. The lowest BCUT2D eigenvalue weighted by Crippen LogP contribution is -2.59. The minimum Gasteiger partial charge on any atom is -0.508 e. The molecular weight excluding hydrogens is 495 g/mol. The smallest absolute Gasteiger partial charge is 0.265 e. The molecule has 0 aliphatic heterocycles. The Kier molecular flexibility index (Phi) is 5.44. The van der Waals surface area contributed by atoms with Crippen LogP contribution in [0.4, 0.5) is 4.39 Å². The van der Waals surface area contributed by atoms with Gasteiger partial charge in [-0.05, 0) is 55.7 Å². The van der Waals surface area contributed by atoms with Gasteiger partial charge in [0.2, 0.25) is 5.78 Å². The number of ketones is 2. The molecule has 196 valence electrons. The summed E-state index contributed by atoms with van der Waals surface area (Å²) in [5.74, 6) is -5.16. The van der Waals surface area contributed by atoms with Gasteiger partial charge in [0.05, 0.1) is 11.6 Å². The fourth-order valence-corrected chi connectivity index (χ4v) is 6.22. The highest BCUT2D eigenvalue weighted by Gasteiger charge is 2.63.